The van der Waals surface area contributed by atoms with Gasteiger partial charge in [-0.2, -0.15) is 11.8 Å². The number of aliphatic carboxylic acids is 3. The molecule has 1 aliphatic carbocycles. The summed E-state index contributed by atoms with van der Waals surface area (Å²) in [6, 6.07) is 1.60. The fourth-order valence-corrected chi connectivity index (χ4v) is 13.7. The van der Waals surface area contributed by atoms with Gasteiger partial charge in [0.25, 0.3) is 5.91 Å². The van der Waals surface area contributed by atoms with Crippen molar-refractivity contribution in [3.63, 3.8) is 0 Å². The van der Waals surface area contributed by atoms with E-state index in [1.165, 1.54) is 61.2 Å². The van der Waals surface area contributed by atoms with Crippen LogP contribution in [-0.2, 0) is 62.3 Å². The summed E-state index contributed by atoms with van der Waals surface area (Å²) in [6.07, 6.45) is 0.454. The maximum Gasteiger partial charge on any atom is 0.336 e. The van der Waals surface area contributed by atoms with Gasteiger partial charge in [0.05, 0.1) is 11.7 Å². The quantitative estimate of drug-likeness (QED) is 0.0127. The highest BCUT2D eigenvalue weighted by atomic mass is 32.2. The second-order valence-corrected chi connectivity index (χ2v) is 27.7. The molecule has 35 nitrogen and oxygen atoms in total. The second kappa shape index (κ2) is 39.7. The van der Waals surface area contributed by atoms with Gasteiger partial charge in [0.2, 0.25) is 53.2 Å². The third kappa shape index (κ3) is 23.5. The first-order valence-electron chi connectivity index (χ1n) is 35.1. The molecule has 3 fully saturated rings. The summed E-state index contributed by atoms with van der Waals surface area (Å²) in [7, 11) is 0. The molecule has 4 aliphatic heterocycles. The van der Waals surface area contributed by atoms with Crippen molar-refractivity contribution in [1.82, 2.24) is 57.0 Å². The van der Waals surface area contributed by atoms with E-state index in [9.17, 15) is 97.5 Å². The van der Waals surface area contributed by atoms with Gasteiger partial charge in [0, 0.05) is 92.7 Å². The number of aliphatic hydroxyl groups is 1. The van der Waals surface area contributed by atoms with Crippen LogP contribution in [0, 0.1) is 0 Å². The highest BCUT2D eigenvalue weighted by Crippen LogP contribution is 2.43. The fraction of sp³-hybridized carbons (Fsp3) is 0.514. The lowest BCUT2D eigenvalue weighted by atomic mass is 9.90. The zero-order valence-electron chi connectivity index (χ0n) is 59.3. The molecule has 580 valence electrons. The third-order valence-electron chi connectivity index (χ3n) is 18.4. The zero-order valence-corrected chi connectivity index (χ0v) is 60.9. The number of aromatic carboxylic acids is 1. The maximum atomic E-state index is 14.5. The number of likely N-dealkylation sites (tertiary alicyclic amines) is 3. The first-order valence-corrected chi connectivity index (χ1v) is 36.9. The molecule has 2 aromatic carbocycles. The average molecular weight is 1530 g/mol. The van der Waals surface area contributed by atoms with Gasteiger partial charge < -0.3 is 92.7 Å². The van der Waals surface area contributed by atoms with Crippen molar-refractivity contribution in [1.29, 1.82) is 0 Å². The number of aliphatic hydroxyl groups excluding tert-OH is 1. The minimum Gasteiger partial charge on any atom is -0.508 e. The number of hydrazine groups is 1. The molecule has 5 aliphatic rings. The molecule has 16 N–H and O–H groups in total. The van der Waals surface area contributed by atoms with E-state index in [1.54, 1.807) is 23.9 Å². The molecule has 0 bridgehead atoms. The molecule has 0 unspecified atom stereocenters. The Labute approximate surface area is 623 Å². The SMILES string of the molecule is CSCCCCNN(CC(=O)N1CCC[C@@H]1C(=O)N[C@H](CCC(=O)O)C(=O)N[C@H](CCC(=O)O)C(N)=O)C(=O)[C@@H](C)NC(=O)[C@H](NC(=O)[C@H]1CCCN1C(=O)[C@@H](CCC(=O)O)NC(=O)[C@H]1CCCN1C(=O)CCCCNC(=S)Nc1ccc(C(=O)O)c(-c2c3ccc(=O)cc-3oc3cc(O)ccc23)c1)[C@H](C)O. The number of anilines is 1. The van der Waals surface area contributed by atoms with Gasteiger partial charge in [-0.1, -0.05) is 0 Å². The van der Waals surface area contributed by atoms with Crippen molar-refractivity contribution in [2.24, 2.45) is 5.73 Å². The van der Waals surface area contributed by atoms with Crippen LogP contribution in [0.3, 0.4) is 0 Å². The molecule has 4 heterocycles. The number of hydrogen-bond acceptors (Lipinski definition) is 21. The number of carbonyl (C=O) groups is 14. The molecule has 0 aromatic heterocycles. The van der Waals surface area contributed by atoms with Crippen LogP contribution in [0.2, 0.25) is 0 Å². The summed E-state index contributed by atoms with van der Waals surface area (Å²) >= 11 is 7.15. The van der Waals surface area contributed by atoms with Crippen molar-refractivity contribution in [2.75, 3.05) is 56.6 Å². The molecule has 2 aromatic rings. The van der Waals surface area contributed by atoms with Gasteiger partial charge in [-0.05, 0) is 170 Å². The molecule has 10 amide bonds. The molecule has 107 heavy (non-hydrogen) atoms. The summed E-state index contributed by atoms with van der Waals surface area (Å²) in [6.45, 7) is 2.35. The number of phenolic OH excluding ortho intramolecular Hbond substituents is 1. The number of primary amides is 1. The molecule has 7 rings (SSSR count). The highest BCUT2D eigenvalue weighted by molar-refractivity contribution is 7.98. The Morgan fingerprint density at radius 3 is 1.82 bits per heavy atom. The summed E-state index contributed by atoms with van der Waals surface area (Å²) < 4.78 is 5.94. The first kappa shape index (κ1) is 83.7. The summed E-state index contributed by atoms with van der Waals surface area (Å²) in [5, 5.41) is 79.7. The van der Waals surface area contributed by atoms with Crippen LogP contribution in [0.5, 0.6) is 5.75 Å². The van der Waals surface area contributed by atoms with Crippen molar-refractivity contribution < 1.29 is 102 Å². The number of carboxylic acids is 4. The van der Waals surface area contributed by atoms with Crippen molar-refractivity contribution in [2.45, 2.75) is 177 Å². The lowest BCUT2D eigenvalue weighted by Gasteiger charge is -2.32. The predicted molar refractivity (Wildman–Crippen MR) is 390 cm³/mol. The van der Waals surface area contributed by atoms with Crippen LogP contribution in [-0.4, -0.2) is 244 Å². The van der Waals surface area contributed by atoms with E-state index in [0.717, 1.165) is 20.6 Å². The molecular formula is C70H91N13O22S2. The number of hydrogen-bond donors (Lipinski definition) is 15. The largest absolute Gasteiger partial charge is 0.508 e. The molecule has 0 spiro atoms. The van der Waals surface area contributed by atoms with E-state index in [-0.39, 0.29) is 116 Å². The number of nitrogens with two attached hydrogens (primary N) is 1. The number of amides is 10. The van der Waals surface area contributed by atoms with Gasteiger partial charge in [-0.3, -0.25) is 72.1 Å². The number of fused-ring (bicyclic) bond motifs is 2. The lowest BCUT2D eigenvalue weighted by molar-refractivity contribution is -0.148. The molecule has 0 radical (unpaired) electrons. The lowest BCUT2D eigenvalue weighted by Crippen LogP contribution is -2.61. The monoisotopic (exact) mass is 1530 g/mol. The van der Waals surface area contributed by atoms with Gasteiger partial charge >= 0.3 is 23.9 Å². The molecule has 0 saturated carbocycles. The van der Waals surface area contributed by atoms with Crippen molar-refractivity contribution in [3.05, 3.63) is 70.4 Å². The van der Waals surface area contributed by atoms with Gasteiger partial charge in [-0.25, -0.2) is 10.2 Å². The van der Waals surface area contributed by atoms with Crippen molar-refractivity contribution in [3.8, 4) is 28.2 Å². The maximum absolute atomic E-state index is 14.5. The van der Waals surface area contributed by atoms with Crippen LogP contribution >= 0.6 is 24.0 Å². The minimum atomic E-state index is -1.76. The normalized spacial score (nSPS) is 17.2. The topological polar surface area (TPSA) is 526 Å². The Balaban J connectivity index is 0.931. The molecule has 9 atom stereocenters. The number of carboxylic acid groups (broad SMARTS) is 4. The Bertz CT molecular complexity index is 4030. The number of phenols is 1. The number of rotatable bonds is 39. The standard InChI is InChI=1S/C70H91N13O22S2/c1-37(67(101)83(73-28-6-7-32-107-3)36-55(88)81-30-9-12-50(81)63(97)77-47(22-25-57(91)92)62(96)76-46(61(71)95)21-24-56(89)90)74-66(100)60(38(2)84)79-65(99)51-13-10-31-82(51)68(102)48(23-26-58(93)94)78-64(98)49-11-8-29-80(49)54(87)14-4-5-27-72-70(106)75-39-15-18-42(69(103)104)45(33-39)59-43-19-16-40(85)34-52(43)105-53-35-41(86)17-20-44(53)59/h15-20,33-35,37-38,46-51,60,73,84-85H,4-14,21-32,36H2,1-3H3,(H2,71,95)(H,74,100)(H,76,96)(H,77,97)(H,78,98)(H,79,99)(H,89,90)(H,91,92)(H,93,94)(H,103,104)(H2,72,75,106)/t37-,38+,46-,47-,48-,49-,50-,51-,60-/m1/s1. The number of carbonyl (C=O) groups excluding carboxylic acids is 10. The number of nitrogens with one attached hydrogen (secondary N) is 8. The van der Waals surface area contributed by atoms with E-state index in [0.29, 0.717) is 54.3 Å². The van der Waals surface area contributed by atoms with Gasteiger partial charge in [0.1, 0.15) is 72.0 Å². The fourth-order valence-electron chi connectivity index (χ4n) is 13.0. The second-order valence-electron chi connectivity index (χ2n) is 26.3. The van der Waals surface area contributed by atoms with E-state index < -0.39 is 177 Å². The third-order valence-corrected chi connectivity index (χ3v) is 19.4. The molecule has 3 saturated heterocycles. The van der Waals surface area contributed by atoms with Crippen LogP contribution < -0.4 is 53.8 Å². The number of nitrogens with zero attached hydrogens (tertiary/aromatic N) is 4. The Morgan fingerprint density at radius 1 is 0.636 bits per heavy atom. The Morgan fingerprint density at radius 2 is 1.21 bits per heavy atom. The first-order chi connectivity index (χ1) is 50.9. The minimum absolute atomic E-state index is 0.00126. The number of thioether (sulfide) groups is 1. The van der Waals surface area contributed by atoms with Gasteiger partial charge in [-0.15, -0.1) is 0 Å². The highest BCUT2D eigenvalue weighted by Gasteiger charge is 2.43. The number of thiocarbonyl (C=S) groups is 1. The Hall–Kier alpha value is -10.5. The summed E-state index contributed by atoms with van der Waals surface area (Å²) in [5.41, 5.74) is 9.62. The van der Waals surface area contributed by atoms with Crippen LogP contribution in [0.1, 0.15) is 133 Å². The number of unbranched alkanes of at least 4 members (excludes halogenated alkanes) is 2. The van der Waals surface area contributed by atoms with E-state index >= 15 is 0 Å². The number of benzene rings is 3. The van der Waals surface area contributed by atoms with E-state index in [4.69, 9.17) is 27.5 Å². The van der Waals surface area contributed by atoms with Crippen LogP contribution in [0.25, 0.3) is 33.4 Å². The van der Waals surface area contributed by atoms with E-state index in [2.05, 4.69) is 42.6 Å². The average Bonchev–Trinajstić information content (AvgIpc) is 1.40. The molecular weight excluding hydrogens is 1440 g/mol. The smallest absolute Gasteiger partial charge is 0.336 e. The van der Waals surface area contributed by atoms with Crippen LogP contribution in [0.15, 0.2) is 63.8 Å². The summed E-state index contributed by atoms with van der Waals surface area (Å²) in [5.74, 6) is -12.9. The zero-order chi connectivity index (χ0) is 78.3. The number of aromatic hydroxyl groups is 1. The Kier molecular flexibility index (Phi) is 31.1. The van der Waals surface area contributed by atoms with E-state index in [1.807, 2.05) is 6.26 Å². The van der Waals surface area contributed by atoms with Crippen molar-refractivity contribution >= 4 is 129 Å². The van der Waals surface area contributed by atoms with Crippen LogP contribution in [0.4, 0.5) is 5.69 Å². The van der Waals surface area contributed by atoms with Gasteiger partial charge in [0.15, 0.2) is 10.5 Å². The summed E-state index contributed by atoms with van der Waals surface area (Å²) in [4.78, 5) is 202. The predicted octanol–water partition coefficient (Wildman–Crippen LogP) is 0.779. The molecule has 37 heteroatoms.